The van der Waals surface area contributed by atoms with Gasteiger partial charge in [-0.1, -0.05) is 16.8 Å². The van der Waals surface area contributed by atoms with Gasteiger partial charge in [0.25, 0.3) is 11.8 Å². The third kappa shape index (κ3) is 3.11. The number of aryl methyl sites for hydroxylation is 1. The van der Waals surface area contributed by atoms with E-state index < -0.39 is 17.4 Å². The first kappa shape index (κ1) is 20.6. The number of aromatic nitrogens is 3. The maximum absolute atomic E-state index is 13.0. The zero-order valence-corrected chi connectivity index (χ0v) is 17.2. The standard InChI is InChI=1S/C19H14N8O4S/c1-27-13(19(30)31-26-27)10-8(6-20)15(22)25-18-11(10)12(21)14(32-18)17(29)24-9-5-3-2-4-7(9)16(23)28/h2-5H,1H3,(H7-,21,22,23,24,25,26,28,29,30)/p+1. The fourth-order valence-electron chi connectivity index (χ4n) is 3.29. The first-order valence-electron chi connectivity index (χ1n) is 8.94. The summed E-state index contributed by atoms with van der Waals surface area (Å²) in [5, 5.41) is 14.8. The van der Waals surface area contributed by atoms with Gasteiger partial charge in [-0.25, -0.2) is 9.78 Å². The van der Waals surface area contributed by atoms with E-state index in [2.05, 4.69) is 15.6 Å². The molecule has 3 aromatic heterocycles. The number of nitrogens with zero attached hydrogens (tertiary/aromatic N) is 3. The van der Waals surface area contributed by atoms with Gasteiger partial charge in [-0.05, 0) is 17.4 Å². The van der Waals surface area contributed by atoms with Crippen LogP contribution in [0.25, 0.3) is 21.5 Å². The van der Waals surface area contributed by atoms with Gasteiger partial charge < -0.3 is 22.5 Å². The van der Waals surface area contributed by atoms with Crippen LogP contribution in [0.1, 0.15) is 25.6 Å². The molecule has 3 heterocycles. The van der Waals surface area contributed by atoms with Crippen molar-refractivity contribution in [1.29, 1.82) is 5.26 Å². The lowest BCUT2D eigenvalue weighted by Gasteiger charge is -2.08. The fraction of sp³-hybridized carbons (Fsp3) is 0.0526. The molecule has 13 heteroatoms. The largest absolute Gasteiger partial charge is 0.435 e. The van der Waals surface area contributed by atoms with Crippen LogP contribution in [-0.4, -0.2) is 22.1 Å². The number of aromatic amines is 1. The molecule has 0 radical (unpaired) electrons. The van der Waals surface area contributed by atoms with Crippen LogP contribution in [0, 0.1) is 11.3 Å². The number of rotatable bonds is 4. The Balaban J connectivity index is 1.93. The number of nitriles is 1. The summed E-state index contributed by atoms with van der Waals surface area (Å²) in [6.45, 7) is 0. The summed E-state index contributed by atoms with van der Waals surface area (Å²) in [4.78, 5) is 41.4. The number of H-pyrrole nitrogens is 1. The van der Waals surface area contributed by atoms with Gasteiger partial charge in [-0.15, -0.1) is 11.3 Å². The molecule has 0 aliphatic heterocycles. The number of nitrogen functional groups attached to an aromatic ring is 2. The van der Waals surface area contributed by atoms with Crippen molar-refractivity contribution < 1.29 is 18.8 Å². The summed E-state index contributed by atoms with van der Waals surface area (Å²) in [6.07, 6.45) is 0. The molecule has 0 unspecified atom stereocenters. The Kier molecular flexibility index (Phi) is 4.84. The molecular formula is C19H15N8O4S+. The monoisotopic (exact) mass is 451 g/mol. The fourth-order valence-corrected chi connectivity index (χ4v) is 4.29. The smallest absolute Gasteiger partial charge is 0.397 e. The van der Waals surface area contributed by atoms with Crippen molar-refractivity contribution in [3.8, 4) is 17.3 Å². The molecule has 4 aromatic rings. The first-order chi connectivity index (χ1) is 15.2. The molecule has 0 fully saturated rings. The highest BCUT2D eigenvalue weighted by molar-refractivity contribution is 7.21. The van der Waals surface area contributed by atoms with Crippen molar-refractivity contribution in [2.45, 2.75) is 0 Å². The SMILES string of the molecule is C[n+]1[nH]oc(=O)c1-c1c(C#N)c(N)nc2sc(C(=O)Nc3ccccc3C(N)=O)c(N)c12. The highest BCUT2D eigenvalue weighted by Crippen LogP contribution is 2.41. The van der Waals surface area contributed by atoms with Gasteiger partial charge in [0, 0.05) is 0 Å². The number of anilines is 3. The minimum absolute atomic E-state index is 0.0151. The average molecular weight is 451 g/mol. The van der Waals surface area contributed by atoms with Crippen LogP contribution in [0.5, 0.6) is 0 Å². The van der Waals surface area contributed by atoms with E-state index in [9.17, 15) is 19.6 Å². The number of nitrogens with one attached hydrogen (secondary N) is 2. The average Bonchev–Trinajstić information content (AvgIpc) is 3.26. The van der Waals surface area contributed by atoms with E-state index in [1.165, 1.54) is 23.9 Å². The molecule has 0 bridgehead atoms. The predicted molar refractivity (Wildman–Crippen MR) is 116 cm³/mol. The van der Waals surface area contributed by atoms with Crippen LogP contribution < -0.4 is 32.8 Å². The predicted octanol–water partition coefficient (Wildman–Crippen LogP) is 0.456. The van der Waals surface area contributed by atoms with E-state index in [-0.39, 0.29) is 54.7 Å². The van der Waals surface area contributed by atoms with E-state index in [1.807, 2.05) is 6.07 Å². The Bertz CT molecular complexity index is 1520. The molecule has 0 saturated carbocycles. The number of amides is 2. The van der Waals surface area contributed by atoms with Crippen LogP contribution in [-0.2, 0) is 7.05 Å². The number of primary amides is 1. The van der Waals surface area contributed by atoms with E-state index in [4.69, 9.17) is 21.7 Å². The topological polar surface area (TPSA) is 211 Å². The molecule has 0 aliphatic rings. The Morgan fingerprint density at radius 3 is 2.66 bits per heavy atom. The first-order valence-corrected chi connectivity index (χ1v) is 9.75. The summed E-state index contributed by atoms with van der Waals surface area (Å²) in [5.74, 6) is -1.48. The van der Waals surface area contributed by atoms with Crippen LogP contribution in [0.3, 0.4) is 0 Å². The molecule has 32 heavy (non-hydrogen) atoms. The quantitative estimate of drug-likeness (QED) is 0.274. The second-order valence-corrected chi connectivity index (χ2v) is 7.64. The lowest BCUT2D eigenvalue weighted by atomic mass is 10.0. The van der Waals surface area contributed by atoms with E-state index in [1.54, 1.807) is 12.1 Å². The molecular weight excluding hydrogens is 436 g/mol. The molecule has 1 aromatic carbocycles. The number of carbonyl (C=O) groups is 2. The number of thiophene rings is 1. The highest BCUT2D eigenvalue weighted by Gasteiger charge is 2.32. The summed E-state index contributed by atoms with van der Waals surface area (Å²) < 4.78 is 6.06. The molecule has 2 amide bonds. The van der Waals surface area contributed by atoms with Crippen molar-refractivity contribution in [2.75, 3.05) is 16.8 Å². The normalized spacial score (nSPS) is 10.8. The number of pyridine rings is 1. The van der Waals surface area contributed by atoms with Crippen LogP contribution in [0.2, 0.25) is 0 Å². The summed E-state index contributed by atoms with van der Waals surface area (Å²) in [6, 6.07) is 8.14. The number of hydrogen-bond acceptors (Lipinski definition) is 9. The minimum atomic E-state index is -0.761. The number of para-hydroxylation sites is 1. The highest BCUT2D eigenvalue weighted by atomic mass is 32.1. The Hall–Kier alpha value is -4.70. The third-order valence-corrected chi connectivity index (χ3v) is 5.80. The Morgan fingerprint density at radius 1 is 1.31 bits per heavy atom. The molecule has 8 N–H and O–H groups in total. The van der Waals surface area contributed by atoms with E-state index in [0.717, 1.165) is 11.3 Å². The number of hydrogen-bond donors (Lipinski definition) is 5. The summed E-state index contributed by atoms with van der Waals surface area (Å²) in [5.41, 5.74) is 17.1. The maximum Gasteiger partial charge on any atom is 0.435 e. The van der Waals surface area contributed by atoms with Gasteiger partial charge in [0.15, 0.2) is 7.05 Å². The van der Waals surface area contributed by atoms with Crippen molar-refractivity contribution in [2.24, 2.45) is 12.8 Å². The molecule has 4 rings (SSSR count). The molecule has 12 nitrogen and oxygen atoms in total. The van der Waals surface area contributed by atoms with Gasteiger partial charge >= 0.3 is 11.3 Å². The molecule has 160 valence electrons. The lowest BCUT2D eigenvalue weighted by Crippen LogP contribution is -2.34. The third-order valence-electron chi connectivity index (χ3n) is 4.70. The molecule has 0 atom stereocenters. The maximum atomic E-state index is 13.0. The zero-order chi connectivity index (χ0) is 23.2. The van der Waals surface area contributed by atoms with Gasteiger partial charge in [0.2, 0.25) is 0 Å². The Morgan fingerprint density at radius 2 is 2.03 bits per heavy atom. The molecule has 0 spiro atoms. The van der Waals surface area contributed by atoms with Crippen molar-refractivity contribution in [3.63, 3.8) is 0 Å². The van der Waals surface area contributed by atoms with Gasteiger partial charge in [-0.3, -0.25) is 14.1 Å². The summed E-state index contributed by atoms with van der Waals surface area (Å²) in [7, 11) is 1.50. The molecule has 0 saturated heterocycles. The Labute approximate surface area is 182 Å². The van der Waals surface area contributed by atoms with E-state index in [0.29, 0.717) is 0 Å². The lowest BCUT2D eigenvalue weighted by molar-refractivity contribution is -0.730. The zero-order valence-electron chi connectivity index (χ0n) is 16.4. The van der Waals surface area contributed by atoms with Crippen molar-refractivity contribution >= 4 is 50.6 Å². The van der Waals surface area contributed by atoms with Gasteiger partial charge in [-0.2, -0.15) is 5.26 Å². The summed E-state index contributed by atoms with van der Waals surface area (Å²) >= 11 is 0.916. The van der Waals surface area contributed by atoms with Gasteiger partial charge in [0.05, 0.1) is 27.9 Å². The van der Waals surface area contributed by atoms with Crippen molar-refractivity contribution in [3.05, 3.63) is 50.7 Å². The number of carbonyl (C=O) groups excluding carboxylic acids is 2. The number of fused-ring (bicyclic) bond motifs is 1. The van der Waals surface area contributed by atoms with Crippen molar-refractivity contribution in [1.82, 2.24) is 10.3 Å². The number of nitrogens with two attached hydrogens (primary N) is 3. The second kappa shape index (κ2) is 7.52. The van der Waals surface area contributed by atoms with Gasteiger partial charge in [0.1, 0.15) is 27.2 Å². The van der Waals surface area contributed by atoms with Crippen LogP contribution in [0.4, 0.5) is 17.2 Å². The number of benzene rings is 1. The minimum Gasteiger partial charge on any atom is -0.397 e. The van der Waals surface area contributed by atoms with Crippen LogP contribution in [0.15, 0.2) is 33.6 Å². The molecule has 0 aliphatic carbocycles. The van der Waals surface area contributed by atoms with E-state index >= 15 is 0 Å². The van der Waals surface area contributed by atoms with Crippen LogP contribution >= 0.6 is 11.3 Å². The second-order valence-electron chi connectivity index (χ2n) is 6.64.